The van der Waals surface area contributed by atoms with Crippen LogP contribution in [0, 0.1) is 11.6 Å². The third-order valence-electron chi connectivity index (χ3n) is 5.23. The summed E-state index contributed by atoms with van der Waals surface area (Å²) in [5, 5.41) is 0. The first-order chi connectivity index (χ1) is 10.8. The van der Waals surface area contributed by atoms with Crippen molar-refractivity contribution in [1.82, 2.24) is 4.90 Å². The largest absolute Gasteiger partial charge is 0.373 e. The van der Waals surface area contributed by atoms with Crippen molar-refractivity contribution >= 4 is 11.4 Å². The van der Waals surface area contributed by atoms with E-state index < -0.39 is 11.6 Å². The first kappa shape index (κ1) is 15.9. The lowest BCUT2D eigenvalue weighted by Crippen LogP contribution is -2.31. The Labute approximate surface area is 136 Å². The number of nitrogens with zero attached hydrogens (tertiary/aromatic N) is 2. The van der Waals surface area contributed by atoms with E-state index >= 15 is 0 Å². The van der Waals surface area contributed by atoms with Crippen molar-refractivity contribution in [3.63, 3.8) is 0 Å². The number of aliphatic imine (C=N–C) groups is 1. The summed E-state index contributed by atoms with van der Waals surface area (Å²) in [4.78, 5) is 6.82. The molecule has 4 heteroatoms. The average Bonchev–Trinajstić information content (AvgIpc) is 2.50. The summed E-state index contributed by atoms with van der Waals surface area (Å²) in [6.07, 6.45) is 2.85. The Balaban J connectivity index is 2.10. The molecular weight excluding hydrogens is 294 g/mol. The third-order valence-corrected chi connectivity index (χ3v) is 5.23. The molecule has 3 rings (SSSR count). The fraction of sp³-hybridized carbons (Fsp3) is 0.421. The Kier molecular flexibility index (Phi) is 3.86. The maximum atomic E-state index is 13.6. The molecule has 0 saturated heterocycles. The number of likely N-dealkylation sites (N-methyl/N-ethyl adjacent to an activating group) is 1. The Morgan fingerprint density at radius 3 is 2.48 bits per heavy atom. The minimum Gasteiger partial charge on any atom is -0.373 e. The van der Waals surface area contributed by atoms with Gasteiger partial charge in [0.15, 0.2) is 11.6 Å². The second-order valence-electron chi connectivity index (χ2n) is 6.68. The molecule has 2 aliphatic heterocycles. The van der Waals surface area contributed by atoms with Gasteiger partial charge in [-0.1, -0.05) is 6.92 Å². The number of halogens is 2. The van der Waals surface area contributed by atoms with Gasteiger partial charge < -0.3 is 4.90 Å². The Morgan fingerprint density at radius 1 is 1.13 bits per heavy atom. The Morgan fingerprint density at radius 2 is 1.78 bits per heavy atom. The van der Waals surface area contributed by atoms with Crippen LogP contribution in [0.5, 0.6) is 0 Å². The van der Waals surface area contributed by atoms with Crippen LogP contribution in [-0.2, 0) is 0 Å². The molecule has 2 heterocycles. The van der Waals surface area contributed by atoms with Crippen molar-refractivity contribution in [3.8, 4) is 0 Å². The summed E-state index contributed by atoms with van der Waals surface area (Å²) in [5.41, 5.74) is 5.93. The molecular formula is C19H22F2N2. The molecule has 1 aromatic carbocycles. The van der Waals surface area contributed by atoms with E-state index in [1.54, 1.807) is 0 Å². The molecule has 0 fully saturated rings. The van der Waals surface area contributed by atoms with E-state index in [9.17, 15) is 8.78 Å². The second-order valence-corrected chi connectivity index (χ2v) is 6.68. The monoisotopic (exact) mass is 316 g/mol. The van der Waals surface area contributed by atoms with Crippen molar-refractivity contribution in [3.05, 3.63) is 52.2 Å². The highest BCUT2D eigenvalue weighted by atomic mass is 19.2. The number of fused-ring (bicyclic) bond motifs is 1. The van der Waals surface area contributed by atoms with Crippen molar-refractivity contribution < 1.29 is 8.78 Å². The van der Waals surface area contributed by atoms with Gasteiger partial charge in [0.2, 0.25) is 0 Å². The molecule has 122 valence electrons. The average molecular weight is 316 g/mol. The number of allylic oxidation sites excluding steroid dienone is 2. The first-order valence-electron chi connectivity index (χ1n) is 7.98. The van der Waals surface area contributed by atoms with Gasteiger partial charge in [-0.25, -0.2) is 8.78 Å². The van der Waals surface area contributed by atoms with Gasteiger partial charge >= 0.3 is 0 Å². The number of benzene rings is 1. The predicted octanol–water partition coefficient (Wildman–Crippen LogP) is 5.10. The van der Waals surface area contributed by atoms with Gasteiger partial charge in [-0.3, -0.25) is 4.99 Å². The highest BCUT2D eigenvalue weighted by Crippen LogP contribution is 2.39. The lowest BCUT2D eigenvalue weighted by molar-refractivity contribution is 0.382. The molecule has 1 aromatic rings. The molecule has 0 amide bonds. The minimum atomic E-state index is -0.840. The van der Waals surface area contributed by atoms with Gasteiger partial charge in [0, 0.05) is 30.9 Å². The van der Waals surface area contributed by atoms with Gasteiger partial charge in [-0.05, 0) is 55.9 Å². The highest BCUT2D eigenvalue weighted by molar-refractivity contribution is 6.06. The molecule has 2 aliphatic rings. The number of hydrogen-bond donors (Lipinski definition) is 0. The van der Waals surface area contributed by atoms with Crippen LogP contribution in [-0.4, -0.2) is 23.7 Å². The molecule has 2 atom stereocenters. The molecule has 0 aliphatic carbocycles. The molecule has 0 aromatic heterocycles. The van der Waals surface area contributed by atoms with Crippen molar-refractivity contribution in [2.75, 3.05) is 7.05 Å². The van der Waals surface area contributed by atoms with Crippen LogP contribution in [0.15, 0.2) is 40.0 Å². The minimum absolute atomic E-state index is 0.117. The highest BCUT2D eigenvalue weighted by Gasteiger charge is 2.27. The fourth-order valence-electron chi connectivity index (χ4n) is 3.34. The van der Waals surface area contributed by atoms with E-state index in [1.807, 2.05) is 6.92 Å². The SMILES string of the molecule is CC1=C(C)C(C)N(C)C=C1C1=Nc2cc(F)c(F)cc2C(C)C1. The summed E-state index contributed by atoms with van der Waals surface area (Å²) in [5.74, 6) is -1.52. The van der Waals surface area contributed by atoms with Crippen molar-refractivity contribution in [1.29, 1.82) is 0 Å². The summed E-state index contributed by atoms with van der Waals surface area (Å²) < 4.78 is 27.1. The first-order valence-corrected chi connectivity index (χ1v) is 7.98. The van der Waals surface area contributed by atoms with E-state index in [0.717, 1.165) is 23.3 Å². The van der Waals surface area contributed by atoms with Crippen LogP contribution >= 0.6 is 0 Å². The predicted molar refractivity (Wildman–Crippen MR) is 90.2 cm³/mol. The summed E-state index contributed by atoms with van der Waals surface area (Å²) in [7, 11) is 2.05. The molecule has 0 N–H and O–H groups in total. The van der Waals surface area contributed by atoms with Gasteiger partial charge in [0.1, 0.15) is 0 Å². The van der Waals surface area contributed by atoms with Crippen molar-refractivity contribution in [2.24, 2.45) is 4.99 Å². The summed E-state index contributed by atoms with van der Waals surface area (Å²) in [6, 6.07) is 2.86. The van der Waals surface area contributed by atoms with Gasteiger partial charge in [-0.15, -0.1) is 0 Å². The van der Waals surface area contributed by atoms with E-state index in [0.29, 0.717) is 11.7 Å². The van der Waals surface area contributed by atoms with E-state index in [-0.39, 0.29) is 5.92 Å². The van der Waals surface area contributed by atoms with Gasteiger partial charge in [0.25, 0.3) is 0 Å². The maximum absolute atomic E-state index is 13.6. The standard InChI is InChI=1S/C19H22F2N2/c1-10-6-18(15-9-23(5)13(4)11(2)12(15)3)22-19-8-17(21)16(20)7-14(10)19/h7-10,13H,6H2,1-5H3. The smallest absolute Gasteiger partial charge is 0.160 e. The van der Waals surface area contributed by atoms with Gasteiger partial charge in [-0.2, -0.15) is 0 Å². The second kappa shape index (κ2) is 5.59. The van der Waals surface area contributed by atoms with Crippen molar-refractivity contribution in [2.45, 2.75) is 46.1 Å². The van der Waals surface area contributed by atoms with Crippen LogP contribution < -0.4 is 0 Å². The Bertz CT molecular complexity index is 759. The summed E-state index contributed by atoms with van der Waals surface area (Å²) in [6.45, 7) is 8.45. The molecule has 0 saturated carbocycles. The van der Waals surface area contributed by atoms with Crippen LogP contribution in [0.1, 0.15) is 45.6 Å². The van der Waals surface area contributed by atoms with Crippen LogP contribution in [0.25, 0.3) is 0 Å². The third kappa shape index (κ3) is 2.60. The quantitative estimate of drug-likeness (QED) is 0.704. The lowest BCUT2D eigenvalue weighted by atomic mass is 9.84. The van der Waals surface area contributed by atoms with Gasteiger partial charge in [0.05, 0.1) is 11.4 Å². The molecule has 23 heavy (non-hydrogen) atoms. The topological polar surface area (TPSA) is 15.6 Å². The van der Waals surface area contributed by atoms with E-state index in [2.05, 4.69) is 43.9 Å². The zero-order valence-corrected chi connectivity index (χ0v) is 14.2. The molecule has 2 nitrogen and oxygen atoms in total. The molecule has 2 unspecified atom stereocenters. The number of hydrogen-bond acceptors (Lipinski definition) is 2. The Hall–Kier alpha value is -1.97. The molecule has 0 radical (unpaired) electrons. The zero-order chi connectivity index (χ0) is 16.9. The van der Waals surface area contributed by atoms with E-state index in [4.69, 9.17) is 0 Å². The maximum Gasteiger partial charge on any atom is 0.160 e. The molecule has 0 spiro atoms. The van der Waals surface area contributed by atoms with Crippen LogP contribution in [0.4, 0.5) is 14.5 Å². The normalized spacial score (nSPS) is 24.4. The lowest BCUT2D eigenvalue weighted by Gasteiger charge is -2.34. The van der Waals surface area contributed by atoms with Crippen LogP contribution in [0.2, 0.25) is 0 Å². The van der Waals surface area contributed by atoms with E-state index in [1.165, 1.54) is 23.3 Å². The summed E-state index contributed by atoms with van der Waals surface area (Å²) >= 11 is 0. The fourth-order valence-corrected chi connectivity index (χ4v) is 3.34. The molecule has 0 bridgehead atoms. The van der Waals surface area contributed by atoms with Crippen LogP contribution in [0.3, 0.4) is 0 Å². The zero-order valence-electron chi connectivity index (χ0n) is 14.2. The number of rotatable bonds is 1.